The van der Waals surface area contributed by atoms with Crippen LogP contribution < -0.4 is 0 Å². The van der Waals surface area contributed by atoms with Crippen LogP contribution in [0.4, 0.5) is 0 Å². The average Bonchev–Trinajstić information content (AvgIpc) is 2.74. The van der Waals surface area contributed by atoms with E-state index in [1.807, 2.05) is 0 Å². The van der Waals surface area contributed by atoms with Crippen molar-refractivity contribution in [2.24, 2.45) is 11.8 Å². The molecule has 0 bridgehead atoms. The third-order valence-corrected chi connectivity index (χ3v) is 4.61. The Morgan fingerprint density at radius 1 is 1.25 bits per heavy atom. The maximum absolute atomic E-state index is 11.8. The fourth-order valence-corrected chi connectivity index (χ4v) is 3.60. The van der Waals surface area contributed by atoms with E-state index in [1.54, 1.807) is 0 Å². The lowest BCUT2D eigenvalue weighted by molar-refractivity contribution is -0.159. The van der Waals surface area contributed by atoms with E-state index in [2.05, 4.69) is 18.7 Å². The van der Waals surface area contributed by atoms with Gasteiger partial charge in [-0.05, 0) is 50.6 Å². The molecule has 2 aliphatic rings. The van der Waals surface area contributed by atoms with Gasteiger partial charge in [0.05, 0.1) is 0 Å². The van der Waals surface area contributed by atoms with Crippen LogP contribution in [0.3, 0.4) is 0 Å². The Kier molecular flexibility index (Phi) is 3.24. The van der Waals surface area contributed by atoms with Gasteiger partial charge in [-0.2, -0.15) is 0 Å². The van der Waals surface area contributed by atoms with Gasteiger partial charge in [-0.25, -0.2) is 0 Å². The molecule has 1 heterocycles. The highest BCUT2D eigenvalue weighted by Gasteiger charge is 2.51. The smallest absolute Gasteiger partial charge is 0.324 e. The lowest BCUT2D eigenvalue weighted by Gasteiger charge is -2.47. The van der Waals surface area contributed by atoms with E-state index < -0.39 is 11.5 Å². The van der Waals surface area contributed by atoms with Gasteiger partial charge >= 0.3 is 5.97 Å². The van der Waals surface area contributed by atoms with Crippen LogP contribution in [-0.4, -0.2) is 34.6 Å². The minimum absolute atomic E-state index is 0.291. The predicted octanol–water partition coefficient (Wildman–Crippen LogP) is 2.36. The molecule has 3 heteroatoms. The summed E-state index contributed by atoms with van der Waals surface area (Å²) < 4.78 is 0. The van der Waals surface area contributed by atoms with Crippen molar-refractivity contribution in [2.75, 3.05) is 13.1 Å². The van der Waals surface area contributed by atoms with Crippen LogP contribution in [0.1, 0.15) is 46.0 Å². The molecular weight excluding hydrogens is 202 g/mol. The van der Waals surface area contributed by atoms with E-state index in [0.717, 1.165) is 38.8 Å². The third kappa shape index (κ3) is 1.75. The Bertz CT molecular complexity index is 273. The van der Waals surface area contributed by atoms with Crippen LogP contribution in [0.2, 0.25) is 0 Å². The van der Waals surface area contributed by atoms with E-state index in [9.17, 15) is 9.90 Å². The lowest BCUT2D eigenvalue weighted by atomic mass is 9.68. The second-order valence-electron chi connectivity index (χ2n) is 5.71. The summed E-state index contributed by atoms with van der Waals surface area (Å²) in [5.74, 6) is 0.251. The monoisotopic (exact) mass is 225 g/mol. The standard InChI is InChI=1S/C13H23NO2/c1-10-5-6-11(2)13(9-10,12(15)16)14-7-3-4-8-14/h10-11H,3-9H2,1-2H3,(H,15,16). The van der Waals surface area contributed by atoms with Gasteiger partial charge in [-0.15, -0.1) is 0 Å². The van der Waals surface area contributed by atoms with Gasteiger partial charge in [0.2, 0.25) is 0 Å². The predicted molar refractivity (Wildman–Crippen MR) is 63.4 cm³/mol. The number of nitrogens with zero attached hydrogens (tertiary/aromatic N) is 1. The highest BCUT2D eigenvalue weighted by molar-refractivity contribution is 5.79. The summed E-state index contributed by atoms with van der Waals surface area (Å²) in [5, 5.41) is 9.70. The number of carbonyl (C=O) groups is 1. The molecule has 1 N–H and O–H groups in total. The van der Waals surface area contributed by atoms with Crippen molar-refractivity contribution in [3.63, 3.8) is 0 Å². The molecule has 0 radical (unpaired) electrons. The third-order valence-electron chi connectivity index (χ3n) is 4.61. The van der Waals surface area contributed by atoms with Crippen LogP contribution in [0, 0.1) is 11.8 Å². The number of rotatable bonds is 2. The number of hydrogen-bond acceptors (Lipinski definition) is 2. The van der Waals surface area contributed by atoms with Crippen molar-refractivity contribution in [3.8, 4) is 0 Å². The number of aliphatic carboxylic acids is 1. The normalized spacial score (nSPS) is 41.1. The van der Waals surface area contributed by atoms with Crippen LogP contribution in [0.15, 0.2) is 0 Å². The van der Waals surface area contributed by atoms with Gasteiger partial charge in [0, 0.05) is 0 Å². The fourth-order valence-electron chi connectivity index (χ4n) is 3.60. The van der Waals surface area contributed by atoms with Crippen LogP contribution in [-0.2, 0) is 4.79 Å². The molecule has 3 atom stereocenters. The molecule has 3 unspecified atom stereocenters. The molecule has 0 spiro atoms. The van der Waals surface area contributed by atoms with Crippen molar-refractivity contribution in [1.82, 2.24) is 4.90 Å². The molecule has 0 aromatic carbocycles. The van der Waals surface area contributed by atoms with Crippen LogP contribution >= 0.6 is 0 Å². The summed E-state index contributed by atoms with van der Waals surface area (Å²) >= 11 is 0. The topological polar surface area (TPSA) is 40.5 Å². The Morgan fingerprint density at radius 3 is 2.44 bits per heavy atom. The fraction of sp³-hybridized carbons (Fsp3) is 0.923. The number of carboxylic acid groups (broad SMARTS) is 1. The van der Waals surface area contributed by atoms with Gasteiger partial charge in [0.15, 0.2) is 0 Å². The van der Waals surface area contributed by atoms with E-state index in [0.29, 0.717) is 11.8 Å². The first-order chi connectivity index (χ1) is 7.57. The Labute approximate surface area is 97.8 Å². The quantitative estimate of drug-likeness (QED) is 0.784. The Balaban J connectivity index is 2.28. The first kappa shape index (κ1) is 11.9. The number of hydrogen-bond donors (Lipinski definition) is 1. The van der Waals surface area contributed by atoms with Crippen molar-refractivity contribution in [1.29, 1.82) is 0 Å². The molecule has 1 aliphatic heterocycles. The minimum atomic E-state index is -0.589. The molecule has 0 amide bonds. The molecule has 1 saturated carbocycles. The van der Waals surface area contributed by atoms with Crippen LogP contribution in [0.5, 0.6) is 0 Å². The number of likely N-dealkylation sites (tertiary alicyclic amines) is 1. The molecule has 1 aliphatic carbocycles. The summed E-state index contributed by atoms with van der Waals surface area (Å²) in [6.45, 7) is 6.27. The van der Waals surface area contributed by atoms with Gasteiger partial charge in [-0.3, -0.25) is 9.69 Å². The van der Waals surface area contributed by atoms with E-state index >= 15 is 0 Å². The van der Waals surface area contributed by atoms with E-state index in [4.69, 9.17) is 0 Å². The summed E-state index contributed by atoms with van der Waals surface area (Å²) in [6, 6.07) is 0. The second-order valence-corrected chi connectivity index (χ2v) is 5.71. The molecule has 2 rings (SSSR count). The van der Waals surface area contributed by atoms with Crippen molar-refractivity contribution >= 4 is 5.97 Å². The van der Waals surface area contributed by atoms with Crippen molar-refractivity contribution in [2.45, 2.75) is 51.5 Å². The summed E-state index contributed by atoms with van der Waals surface area (Å²) in [4.78, 5) is 14.0. The largest absolute Gasteiger partial charge is 0.480 e. The molecule has 1 saturated heterocycles. The Morgan fingerprint density at radius 2 is 1.88 bits per heavy atom. The average molecular weight is 225 g/mol. The zero-order valence-electron chi connectivity index (χ0n) is 10.4. The number of carboxylic acids is 1. The van der Waals surface area contributed by atoms with Gasteiger partial charge in [-0.1, -0.05) is 20.3 Å². The summed E-state index contributed by atoms with van der Waals surface area (Å²) in [6.07, 6.45) is 5.41. The van der Waals surface area contributed by atoms with E-state index in [1.165, 1.54) is 6.42 Å². The molecule has 92 valence electrons. The molecule has 0 aromatic heterocycles. The Hall–Kier alpha value is -0.570. The van der Waals surface area contributed by atoms with Crippen LogP contribution in [0.25, 0.3) is 0 Å². The molecule has 3 nitrogen and oxygen atoms in total. The van der Waals surface area contributed by atoms with Gasteiger partial charge in [0.1, 0.15) is 5.54 Å². The molecule has 16 heavy (non-hydrogen) atoms. The first-order valence-corrected chi connectivity index (χ1v) is 6.56. The SMILES string of the molecule is CC1CCC(C)C(C(=O)O)(N2CCCC2)C1. The second kappa shape index (κ2) is 4.36. The van der Waals surface area contributed by atoms with Crippen molar-refractivity contribution in [3.05, 3.63) is 0 Å². The van der Waals surface area contributed by atoms with Gasteiger partial charge < -0.3 is 5.11 Å². The maximum atomic E-state index is 11.8. The van der Waals surface area contributed by atoms with Crippen molar-refractivity contribution < 1.29 is 9.90 Å². The zero-order valence-corrected chi connectivity index (χ0v) is 10.4. The molecule has 0 aromatic rings. The summed E-state index contributed by atoms with van der Waals surface area (Å²) in [7, 11) is 0. The first-order valence-electron chi connectivity index (χ1n) is 6.56. The van der Waals surface area contributed by atoms with E-state index in [-0.39, 0.29) is 0 Å². The maximum Gasteiger partial charge on any atom is 0.324 e. The molecule has 2 fully saturated rings. The zero-order chi connectivity index (χ0) is 11.8. The highest BCUT2D eigenvalue weighted by atomic mass is 16.4. The minimum Gasteiger partial charge on any atom is -0.480 e. The molecular formula is C13H23NO2. The lowest BCUT2D eigenvalue weighted by Crippen LogP contribution is -2.60. The summed E-state index contributed by atoms with van der Waals surface area (Å²) in [5.41, 5.74) is -0.561. The van der Waals surface area contributed by atoms with Gasteiger partial charge in [0.25, 0.3) is 0 Å². The highest BCUT2D eigenvalue weighted by Crippen LogP contribution is 2.42.